The summed E-state index contributed by atoms with van der Waals surface area (Å²) < 4.78 is 14.1. The van der Waals surface area contributed by atoms with E-state index >= 15 is 0 Å². The minimum absolute atomic E-state index is 0.0733. The number of nitriles is 1. The van der Waals surface area contributed by atoms with E-state index in [9.17, 15) is 19.5 Å². The topological polar surface area (TPSA) is 159 Å². The molecule has 0 saturated heterocycles. The quantitative estimate of drug-likeness (QED) is 0.113. The second-order valence-electron chi connectivity index (χ2n) is 14.8. The van der Waals surface area contributed by atoms with Crippen molar-refractivity contribution in [1.82, 2.24) is 19.8 Å². The van der Waals surface area contributed by atoms with E-state index in [0.29, 0.717) is 51.4 Å². The molecule has 3 atom stereocenters. The number of hydrogen-bond acceptors (Lipinski definition) is 8. The molecule has 2 aliphatic rings. The van der Waals surface area contributed by atoms with Crippen LogP contribution in [0.5, 0.6) is 11.5 Å². The molecule has 12 nitrogen and oxygen atoms in total. The third-order valence-corrected chi connectivity index (χ3v) is 11.5. The molecule has 14 heteroatoms. The summed E-state index contributed by atoms with van der Waals surface area (Å²) in [7, 11) is 1.88. The molecule has 6 aromatic rings. The fourth-order valence-electron chi connectivity index (χ4n) is 7.43. The number of fused-ring (bicyclic) bond motifs is 2. The number of nitrogens with zero attached hydrogens (tertiary/aromatic N) is 4. The SMILES string of the molecule is Cn1ccnc1CN1Cc2cc3c(cc2CC1C(=O)N[C@@H](Cc1ccc(-c2ccc(C#N)cc2)cc1)C(=O)O)NC(=O)[C@H](c1ccc(OCc2ccc(Cl)c(Cl)c2)cc1)O3. The fraction of sp³-hybridized carbons (Fsp3) is 0.196. The molecule has 1 aromatic heterocycles. The highest BCUT2D eigenvalue weighted by Gasteiger charge is 2.37. The van der Waals surface area contributed by atoms with Crippen LogP contribution in [0.2, 0.25) is 10.0 Å². The summed E-state index contributed by atoms with van der Waals surface area (Å²) in [4.78, 5) is 46.6. The monoisotopic (exact) mass is 840 g/mol. The van der Waals surface area contributed by atoms with Crippen LogP contribution in [0, 0.1) is 11.3 Å². The molecule has 0 fully saturated rings. The van der Waals surface area contributed by atoms with Crippen molar-refractivity contribution in [2.75, 3.05) is 5.32 Å². The van der Waals surface area contributed by atoms with Crippen molar-refractivity contribution in [3.63, 3.8) is 0 Å². The molecule has 60 heavy (non-hydrogen) atoms. The molecule has 2 amide bonds. The lowest BCUT2D eigenvalue weighted by Crippen LogP contribution is -2.54. The maximum Gasteiger partial charge on any atom is 0.326 e. The number of carboxylic acids is 1. The van der Waals surface area contributed by atoms with Gasteiger partial charge in [-0.1, -0.05) is 77.8 Å². The smallest absolute Gasteiger partial charge is 0.326 e. The van der Waals surface area contributed by atoms with Gasteiger partial charge in [-0.3, -0.25) is 14.5 Å². The first-order valence-corrected chi connectivity index (χ1v) is 19.9. The summed E-state index contributed by atoms with van der Waals surface area (Å²) in [6.07, 6.45) is 2.94. The van der Waals surface area contributed by atoms with Gasteiger partial charge in [-0.15, -0.1) is 0 Å². The third-order valence-electron chi connectivity index (χ3n) is 10.8. The van der Waals surface area contributed by atoms with Gasteiger partial charge in [0.25, 0.3) is 5.91 Å². The summed E-state index contributed by atoms with van der Waals surface area (Å²) in [6.45, 7) is 0.952. The van der Waals surface area contributed by atoms with Crippen molar-refractivity contribution >= 4 is 46.7 Å². The average molecular weight is 842 g/mol. The predicted molar refractivity (Wildman–Crippen MR) is 225 cm³/mol. The summed E-state index contributed by atoms with van der Waals surface area (Å²) in [5, 5.41) is 26.1. The second kappa shape index (κ2) is 17.3. The summed E-state index contributed by atoms with van der Waals surface area (Å²) in [5.74, 6) is -0.0955. The van der Waals surface area contributed by atoms with Crippen molar-refractivity contribution in [1.29, 1.82) is 5.26 Å². The van der Waals surface area contributed by atoms with Crippen molar-refractivity contribution in [3.8, 4) is 28.7 Å². The number of aliphatic carboxylic acids is 1. The minimum Gasteiger partial charge on any atom is -0.489 e. The van der Waals surface area contributed by atoms with Crippen LogP contribution in [-0.2, 0) is 54.0 Å². The summed E-state index contributed by atoms with van der Waals surface area (Å²) >= 11 is 12.2. The van der Waals surface area contributed by atoms with Crippen LogP contribution < -0.4 is 20.1 Å². The maximum atomic E-state index is 14.2. The van der Waals surface area contributed by atoms with Gasteiger partial charge in [-0.05, 0) is 88.3 Å². The van der Waals surface area contributed by atoms with Crippen LogP contribution in [0.3, 0.4) is 0 Å². The summed E-state index contributed by atoms with van der Waals surface area (Å²) in [5.41, 5.74) is 6.88. The molecular formula is C46H38Cl2N6O6. The molecule has 0 spiro atoms. The molecule has 0 bridgehead atoms. The predicted octanol–water partition coefficient (Wildman–Crippen LogP) is 7.66. The number of carboxylic acid groups (broad SMARTS) is 1. The Balaban J connectivity index is 0.974. The van der Waals surface area contributed by atoms with E-state index in [1.807, 2.05) is 77.3 Å². The van der Waals surface area contributed by atoms with E-state index in [-0.39, 0.29) is 25.4 Å². The van der Waals surface area contributed by atoms with E-state index in [0.717, 1.165) is 39.2 Å². The van der Waals surface area contributed by atoms with E-state index < -0.39 is 30.1 Å². The Morgan fingerprint density at radius 3 is 2.35 bits per heavy atom. The fourth-order valence-corrected chi connectivity index (χ4v) is 7.75. The number of ether oxygens (including phenoxy) is 2. The molecule has 3 N–H and O–H groups in total. The van der Waals surface area contributed by atoms with Crippen molar-refractivity contribution in [2.24, 2.45) is 7.05 Å². The number of anilines is 1. The number of halogens is 2. The number of carbonyl (C=O) groups excluding carboxylic acids is 2. The summed E-state index contributed by atoms with van der Waals surface area (Å²) in [6, 6.07) is 31.0. The van der Waals surface area contributed by atoms with Gasteiger partial charge in [0.1, 0.15) is 30.0 Å². The van der Waals surface area contributed by atoms with E-state index in [4.69, 9.17) is 37.9 Å². The van der Waals surface area contributed by atoms with Crippen LogP contribution in [0.25, 0.3) is 11.1 Å². The Morgan fingerprint density at radius 1 is 0.967 bits per heavy atom. The highest BCUT2D eigenvalue weighted by atomic mass is 35.5. The molecule has 0 saturated carbocycles. The zero-order valence-electron chi connectivity index (χ0n) is 32.3. The van der Waals surface area contributed by atoms with Gasteiger partial charge in [-0.25, -0.2) is 9.78 Å². The lowest BCUT2D eigenvalue weighted by atomic mass is 9.91. The first-order chi connectivity index (χ1) is 29.0. The normalized spacial score (nSPS) is 16.3. The minimum atomic E-state index is -1.19. The second-order valence-corrected chi connectivity index (χ2v) is 15.6. The highest BCUT2D eigenvalue weighted by molar-refractivity contribution is 6.42. The molecule has 0 aliphatic carbocycles. The molecule has 1 unspecified atom stereocenters. The zero-order chi connectivity index (χ0) is 41.9. The molecule has 8 rings (SSSR count). The molecule has 2 aliphatic heterocycles. The Hall–Kier alpha value is -6.65. The Labute approximate surface area is 355 Å². The number of imidazole rings is 1. The van der Waals surface area contributed by atoms with Crippen LogP contribution in [-0.4, -0.2) is 49.4 Å². The number of aryl methyl sites for hydroxylation is 1. The number of benzene rings is 5. The van der Waals surface area contributed by atoms with Gasteiger partial charge >= 0.3 is 5.97 Å². The van der Waals surface area contributed by atoms with Gasteiger partial charge in [0.15, 0.2) is 0 Å². The van der Waals surface area contributed by atoms with Gasteiger partial charge < -0.3 is 29.8 Å². The third kappa shape index (κ3) is 8.84. The number of rotatable bonds is 12. The van der Waals surface area contributed by atoms with Gasteiger partial charge in [-0.2, -0.15) is 5.26 Å². The standard InChI is InChI=1S/C46H38Cl2N6O6/c1-53-17-16-50-42(53)25-54-24-34-22-41-38(51-45(56)43(60-41)32-11-13-35(14-12-32)59-26-29-6-15-36(47)37(48)18-29)20-33(34)21-40(54)44(55)52-39(46(57)58)19-27-2-7-30(8-3-27)31-9-4-28(23-49)5-10-31/h2-18,20,22,39-40,43H,19,21,24-26H2,1H3,(H,51,56)(H,52,55)(H,57,58)/t39-,40?,43-/m0/s1. The van der Waals surface area contributed by atoms with Crippen LogP contribution in [0.1, 0.15) is 45.3 Å². The maximum absolute atomic E-state index is 14.2. The molecule has 3 heterocycles. The van der Waals surface area contributed by atoms with Crippen molar-refractivity contribution in [2.45, 2.75) is 50.7 Å². The van der Waals surface area contributed by atoms with Gasteiger partial charge in [0, 0.05) is 38.0 Å². The van der Waals surface area contributed by atoms with Crippen LogP contribution in [0.4, 0.5) is 5.69 Å². The molecular weight excluding hydrogens is 803 g/mol. The first-order valence-electron chi connectivity index (χ1n) is 19.1. The number of nitrogens with one attached hydrogen (secondary N) is 2. The first kappa shape index (κ1) is 40.1. The van der Waals surface area contributed by atoms with E-state index in [1.54, 1.807) is 54.7 Å². The zero-order valence-corrected chi connectivity index (χ0v) is 33.8. The number of carbonyl (C=O) groups is 3. The Morgan fingerprint density at radius 2 is 1.68 bits per heavy atom. The van der Waals surface area contributed by atoms with Gasteiger partial charge in [0.2, 0.25) is 12.0 Å². The lowest BCUT2D eigenvalue weighted by molar-refractivity contribution is -0.143. The molecule has 302 valence electrons. The van der Waals surface area contributed by atoms with Crippen LogP contribution >= 0.6 is 23.2 Å². The Kier molecular flexibility index (Phi) is 11.6. The van der Waals surface area contributed by atoms with Gasteiger partial charge in [0.05, 0.1) is 40.0 Å². The van der Waals surface area contributed by atoms with E-state index in [1.165, 1.54) is 0 Å². The largest absolute Gasteiger partial charge is 0.489 e. The Bertz CT molecular complexity index is 2620. The molecule has 0 radical (unpaired) electrons. The van der Waals surface area contributed by atoms with Crippen LogP contribution in [0.15, 0.2) is 116 Å². The highest BCUT2D eigenvalue weighted by Crippen LogP contribution is 2.40. The van der Waals surface area contributed by atoms with E-state index in [2.05, 4.69) is 21.7 Å². The number of aromatic nitrogens is 2. The van der Waals surface area contributed by atoms with Crippen molar-refractivity contribution in [3.05, 3.63) is 165 Å². The number of amides is 2. The average Bonchev–Trinajstić information content (AvgIpc) is 3.66. The van der Waals surface area contributed by atoms with Crippen molar-refractivity contribution < 1.29 is 29.0 Å². The number of hydrogen-bond donors (Lipinski definition) is 3. The lowest BCUT2D eigenvalue weighted by Gasteiger charge is -2.37. The molecule has 5 aromatic carbocycles.